The molecule has 1 rings (SSSR count). The topological polar surface area (TPSA) is 61.1 Å². The highest BCUT2D eigenvalue weighted by Crippen LogP contribution is 2.21. The molecule has 1 aromatic rings. The zero-order chi connectivity index (χ0) is 11.4. The van der Waals surface area contributed by atoms with Gasteiger partial charge in [0.1, 0.15) is 0 Å². The Balaban J connectivity index is 3.21. The lowest BCUT2D eigenvalue weighted by Gasteiger charge is -2.07. The molecule has 4 heteroatoms. The molecule has 0 fully saturated rings. The first-order valence-electron chi connectivity index (χ1n) is 4.55. The van der Waals surface area contributed by atoms with Gasteiger partial charge in [-0.2, -0.15) is 5.26 Å². The third kappa shape index (κ3) is 2.74. The second-order valence-electron chi connectivity index (χ2n) is 3.17. The van der Waals surface area contributed by atoms with Crippen molar-refractivity contribution in [3.63, 3.8) is 0 Å². The summed E-state index contributed by atoms with van der Waals surface area (Å²) in [5, 5.41) is 17.5. The van der Waals surface area contributed by atoms with E-state index < -0.39 is 5.97 Å². The van der Waals surface area contributed by atoms with Crippen LogP contribution in [0.3, 0.4) is 0 Å². The van der Waals surface area contributed by atoms with Gasteiger partial charge < -0.3 is 5.11 Å². The van der Waals surface area contributed by atoms with Crippen LogP contribution < -0.4 is 0 Å². The molecular formula is C11H11NO2S. The predicted octanol–water partition coefficient (Wildman–Crippen LogP) is 2.04. The number of benzene rings is 1. The predicted molar refractivity (Wildman–Crippen MR) is 59.1 cm³/mol. The normalized spacial score (nSPS) is 9.67. The van der Waals surface area contributed by atoms with Crippen LogP contribution in [0, 0.1) is 11.3 Å². The maximum absolute atomic E-state index is 10.6. The van der Waals surface area contributed by atoms with Crippen LogP contribution in [0.5, 0.6) is 0 Å². The zero-order valence-electron chi connectivity index (χ0n) is 8.32. The van der Waals surface area contributed by atoms with Gasteiger partial charge in [0, 0.05) is 4.90 Å². The van der Waals surface area contributed by atoms with Crippen LogP contribution in [0.2, 0.25) is 0 Å². The van der Waals surface area contributed by atoms with Crippen molar-refractivity contribution in [2.75, 3.05) is 0 Å². The van der Waals surface area contributed by atoms with Gasteiger partial charge in [0.05, 0.1) is 18.1 Å². The molecule has 0 atom stereocenters. The van der Waals surface area contributed by atoms with Crippen molar-refractivity contribution in [3.8, 4) is 6.07 Å². The molecule has 0 amide bonds. The Labute approximate surface area is 93.8 Å². The van der Waals surface area contributed by atoms with Gasteiger partial charge in [-0.3, -0.25) is 4.79 Å². The van der Waals surface area contributed by atoms with Crippen LogP contribution in [0.15, 0.2) is 17.0 Å². The summed E-state index contributed by atoms with van der Waals surface area (Å²) in [5.41, 5.74) is 2.02. The fourth-order valence-corrected chi connectivity index (χ4v) is 1.68. The highest BCUT2D eigenvalue weighted by molar-refractivity contribution is 7.80. The largest absolute Gasteiger partial charge is 0.481 e. The number of hydrogen-bond acceptors (Lipinski definition) is 3. The minimum atomic E-state index is -0.918. The molecular weight excluding hydrogens is 210 g/mol. The van der Waals surface area contributed by atoms with E-state index in [0.717, 1.165) is 12.0 Å². The molecule has 0 radical (unpaired) electrons. The van der Waals surface area contributed by atoms with Crippen molar-refractivity contribution in [2.45, 2.75) is 24.7 Å². The number of carbonyl (C=O) groups is 1. The highest BCUT2D eigenvalue weighted by atomic mass is 32.1. The first-order valence-corrected chi connectivity index (χ1v) is 4.99. The van der Waals surface area contributed by atoms with E-state index in [2.05, 4.69) is 18.7 Å². The summed E-state index contributed by atoms with van der Waals surface area (Å²) in [7, 11) is 0. The van der Waals surface area contributed by atoms with E-state index in [1.54, 1.807) is 12.1 Å². The number of nitriles is 1. The minimum absolute atomic E-state index is 0.0997. The SMILES string of the molecule is CCc1cc(S)c(CC(=O)O)cc1C#N. The van der Waals surface area contributed by atoms with E-state index in [4.69, 9.17) is 10.4 Å². The van der Waals surface area contributed by atoms with Crippen molar-refractivity contribution >= 4 is 18.6 Å². The molecule has 0 aliphatic carbocycles. The summed E-state index contributed by atoms with van der Waals surface area (Å²) in [5.74, 6) is -0.918. The van der Waals surface area contributed by atoms with Crippen molar-refractivity contribution in [3.05, 3.63) is 28.8 Å². The Hall–Kier alpha value is -1.47. The Morgan fingerprint density at radius 1 is 1.53 bits per heavy atom. The quantitative estimate of drug-likeness (QED) is 0.768. The van der Waals surface area contributed by atoms with Crippen LogP contribution >= 0.6 is 12.6 Å². The van der Waals surface area contributed by atoms with Crippen LogP contribution in [-0.2, 0) is 17.6 Å². The maximum Gasteiger partial charge on any atom is 0.307 e. The second-order valence-corrected chi connectivity index (χ2v) is 3.66. The van der Waals surface area contributed by atoms with Gasteiger partial charge >= 0.3 is 5.97 Å². The van der Waals surface area contributed by atoms with E-state index >= 15 is 0 Å². The minimum Gasteiger partial charge on any atom is -0.481 e. The summed E-state index contributed by atoms with van der Waals surface area (Å²) in [6, 6.07) is 5.43. The number of hydrogen-bond donors (Lipinski definition) is 2. The fraction of sp³-hybridized carbons (Fsp3) is 0.273. The van der Waals surface area contributed by atoms with E-state index in [0.29, 0.717) is 16.0 Å². The first kappa shape index (κ1) is 11.6. The van der Waals surface area contributed by atoms with E-state index in [9.17, 15) is 4.79 Å². The fourth-order valence-electron chi connectivity index (χ4n) is 1.38. The Bertz CT molecular complexity index is 435. The van der Waals surface area contributed by atoms with Crippen LogP contribution in [0.25, 0.3) is 0 Å². The summed E-state index contributed by atoms with van der Waals surface area (Å²) < 4.78 is 0. The van der Waals surface area contributed by atoms with E-state index in [1.165, 1.54) is 0 Å². The third-order valence-corrected chi connectivity index (χ3v) is 2.56. The number of aliphatic carboxylic acids is 1. The highest BCUT2D eigenvalue weighted by Gasteiger charge is 2.09. The number of aryl methyl sites for hydroxylation is 1. The molecule has 1 aromatic carbocycles. The molecule has 0 aliphatic rings. The molecule has 0 saturated heterocycles. The summed E-state index contributed by atoms with van der Waals surface area (Å²) in [6.07, 6.45) is 0.640. The van der Waals surface area contributed by atoms with Gasteiger partial charge in [0.25, 0.3) is 0 Å². The van der Waals surface area contributed by atoms with E-state index in [1.807, 2.05) is 6.92 Å². The van der Waals surface area contributed by atoms with Gasteiger partial charge in [-0.25, -0.2) is 0 Å². The lowest BCUT2D eigenvalue weighted by Crippen LogP contribution is -2.02. The molecule has 0 heterocycles. The number of thiol groups is 1. The van der Waals surface area contributed by atoms with Crippen LogP contribution in [0.1, 0.15) is 23.6 Å². The third-order valence-electron chi connectivity index (χ3n) is 2.15. The van der Waals surface area contributed by atoms with E-state index in [-0.39, 0.29) is 6.42 Å². The van der Waals surface area contributed by atoms with Gasteiger partial charge in [0.2, 0.25) is 0 Å². The Morgan fingerprint density at radius 3 is 2.67 bits per heavy atom. The van der Waals surface area contributed by atoms with Gasteiger partial charge in [-0.05, 0) is 29.7 Å². The Kier molecular flexibility index (Phi) is 3.75. The van der Waals surface area contributed by atoms with Crippen molar-refractivity contribution in [1.29, 1.82) is 5.26 Å². The summed E-state index contributed by atoms with van der Waals surface area (Å²) >= 11 is 4.21. The van der Waals surface area contributed by atoms with Crippen LogP contribution in [-0.4, -0.2) is 11.1 Å². The van der Waals surface area contributed by atoms with Crippen molar-refractivity contribution in [2.24, 2.45) is 0 Å². The van der Waals surface area contributed by atoms with Crippen molar-refractivity contribution < 1.29 is 9.90 Å². The molecule has 3 nitrogen and oxygen atoms in total. The molecule has 0 spiro atoms. The lowest BCUT2D eigenvalue weighted by molar-refractivity contribution is -0.136. The molecule has 0 saturated carbocycles. The Morgan fingerprint density at radius 2 is 2.20 bits per heavy atom. The molecule has 15 heavy (non-hydrogen) atoms. The molecule has 1 N–H and O–H groups in total. The monoisotopic (exact) mass is 221 g/mol. The zero-order valence-corrected chi connectivity index (χ0v) is 9.21. The molecule has 0 aliphatic heterocycles. The number of carboxylic acid groups (broad SMARTS) is 1. The lowest BCUT2D eigenvalue weighted by atomic mass is 10.0. The molecule has 0 aromatic heterocycles. The van der Waals surface area contributed by atoms with Gasteiger partial charge in [-0.1, -0.05) is 6.92 Å². The van der Waals surface area contributed by atoms with Gasteiger partial charge in [-0.15, -0.1) is 12.6 Å². The maximum atomic E-state index is 10.6. The average molecular weight is 221 g/mol. The second kappa shape index (κ2) is 4.85. The number of rotatable bonds is 3. The van der Waals surface area contributed by atoms with Crippen LogP contribution in [0.4, 0.5) is 0 Å². The summed E-state index contributed by atoms with van der Waals surface area (Å²) in [4.78, 5) is 11.2. The van der Waals surface area contributed by atoms with Crippen molar-refractivity contribution in [1.82, 2.24) is 0 Å². The number of nitrogens with zero attached hydrogens (tertiary/aromatic N) is 1. The molecule has 0 bridgehead atoms. The smallest absolute Gasteiger partial charge is 0.307 e. The van der Waals surface area contributed by atoms with Gasteiger partial charge in [0.15, 0.2) is 0 Å². The number of carboxylic acids is 1. The molecule has 0 unspecified atom stereocenters. The molecule has 78 valence electrons. The average Bonchev–Trinajstić information content (AvgIpc) is 2.19. The standard InChI is InChI=1S/C11H11NO2S/c1-2-7-4-10(15)8(5-11(13)14)3-9(7)6-12/h3-4,15H,2,5H2,1H3,(H,13,14). The first-order chi connectivity index (χ1) is 7.08. The summed E-state index contributed by atoms with van der Waals surface area (Å²) in [6.45, 7) is 1.94.